The summed E-state index contributed by atoms with van der Waals surface area (Å²) in [7, 11) is 0. The molecule has 2 rings (SSSR count). The summed E-state index contributed by atoms with van der Waals surface area (Å²) in [6.07, 6.45) is 0. The zero-order chi connectivity index (χ0) is 16.1. The number of halogens is 1. The fourth-order valence-corrected chi connectivity index (χ4v) is 2.36. The molecule has 1 aromatic carbocycles. The van der Waals surface area contributed by atoms with Crippen LogP contribution in [-0.2, 0) is 9.59 Å². The van der Waals surface area contributed by atoms with Crippen molar-refractivity contribution >= 4 is 23.4 Å². The lowest BCUT2D eigenvalue weighted by Crippen LogP contribution is -2.54. The van der Waals surface area contributed by atoms with E-state index in [2.05, 4.69) is 0 Å². The summed E-state index contributed by atoms with van der Waals surface area (Å²) in [6, 6.07) is 6.35. The van der Waals surface area contributed by atoms with Crippen molar-refractivity contribution in [2.24, 2.45) is 5.73 Å². The minimum atomic E-state index is -0.504. The number of benzene rings is 1. The van der Waals surface area contributed by atoms with Crippen LogP contribution in [0.2, 0.25) is 5.02 Å². The largest absolute Gasteiger partial charge is 0.484 e. The second kappa shape index (κ2) is 7.47. The number of nitrogens with two attached hydrogens (primary N) is 1. The summed E-state index contributed by atoms with van der Waals surface area (Å²) < 4.78 is 5.44. The first-order valence-corrected chi connectivity index (χ1v) is 7.55. The van der Waals surface area contributed by atoms with Crippen molar-refractivity contribution in [3.8, 4) is 5.75 Å². The molecule has 2 N–H and O–H groups in total. The van der Waals surface area contributed by atoms with Crippen LogP contribution in [0.3, 0.4) is 0 Å². The van der Waals surface area contributed by atoms with Crippen LogP contribution in [0.1, 0.15) is 6.92 Å². The van der Waals surface area contributed by atoms with E-state index >= 15 is 0 Å². The van der Waals surface area contributed by atoms with Crippen molar-refractivity contribution < 1.29 is 14.3 Å². The first kappa shape index (κ1) is 16.6. The van der Waals surface area contributed by atoms with Crippen molar-refractivity contribution in [3.63, 3.8) is 0 Å². The summed E-state index contributed by atoms with van der Waals surface area (Å²) in [5.74, 6) is 0.427. The highest BCUT2D eigenvalue weighted by Crippen LogP contribution is 2.15. The van der Waals surface area contributed by atoms with Crippen LogP contribution in [0.25, 0.3) is 0 Å². The molecule has 22 heavy (non-hydrogen) atoms. The van der Waals surface area contributed by atoms with Crippen LogP contribution in [0.5, 0.6) is 5.75 Å². The summed E-state index contributed by atoms with van der Waals surface area (Å²) in [5, 5.41) is 0.619. The van der Waals surface area contributed by atoms with Gasteiger partial charge in [-0.05, 0) is 31.2 Å². The van der Waals surface area contributed by atoms with Crippen LogP contribution in [0, 0.1) is 0 Å². The Kier molecular flexibility index (Phi) is 5.63. The van der Waals surface area contributed by atoms with E-state index in [9.17, 15) is 9.59 Å². The fraction of sp³-hybridized carbons (Fsp3) is 0.467. The van der Waals surface area contributed by atoms with E-state index in [1.54, 1.807) is 41.0 Å². The van der Waals surface area contributed by atoms with Gasteiger partial charge in [0.15, 0.2) is 6.61 Å². The van der Waals surface area contributed by atoms with Crippen LogP contribution >= 0.6 is 11.6 Å². The first-order chi connectivity index (χ1) is 10.5. The minimum absolute atomic E-state index is 0.0249. The number of rotatable bonds is 4. The van der Waals surface area contributed by atoms with Crippen molar-refractivity contribution in [2.45, 2.75) is 13.0 Å². The SMILES string of the molecule is C[C@@H](N)C(=O)N1CCN(C(=O)COc2ccc(Cl)cc2)CC1. The number of hydrogen-bond donors (Lipinski definition) is 1. The number of carbonyl (C=O) groups excluding carboxylic acids is 2. The molecular weight excluding hydrogens is 306 g/mol. The Bertz CT molecular complexity index is 525. The summed E-state index contributed by atoms with van der Waals surface area (Å²) in [6.45, 7) is 3.66. The molecule has 2 amide bonds. The molecule has 6 nitrogen and oxygen atoms in total. The highest BCUT2D eigenvalue weighted by Gasteiger charge is 2.25. The maximum atomic E-state index is 12.1. The number of nitrogens with zero attached hydrogens (tertiary/aromatic N) is 2. The smallest absolute Gasteiger partial charge is 0.260 e. The van der Waals surface area contributed by atoms with Crippen molar-refractivity contribution in [1.82, 2.24) is 9.80 Å². The molecule has 0 spiro atoms. The maximum absolute atomic E-state index is 12.1. The molecule has 1 aromatic rings. The molecule has 7 heteroatoms. The molecular formula is C15H20ClN3O3. The molecule has 0 aliphatic carbocycles. The number of ether oxygens (including phenoxy) is 1. The predicted octanol–water partition coefficient (Wildman–Crippen LogP) is 0.737. The van der Waals surface area contributed by atoms with Gasteiger partial charge in [0, 0.05) is 31.2 Å². The van der Waals surface area contributed by atoms with Gasteiger partial charge in [-0.2, -0.15) is 0 Å². The normalized spacial score (nSPS) is 16.3. The monoisotopic (exact) mass is 325 g/mol. The molecule has 1 atom stereocenters. The lowest BCUT2D eigenvalue weighted by Gasteiger charge is -2.35. The number of amides is 2. The topological polar surface area (TPSA) is 75.9 Å². The standard InChI is InChI=1S/C15H20ClN3O3/c1-11(17)15(21)19-8-6-18(7-9-19)14(20)10-22-13-4-2-12(16)3-5-13/h2-5,11H,6-10,17H2,1H3/t11-/m1/s1. The molecule has 0 radical (unpaired) electrons. The highest BCUT2D eigenvalue weighted by atomic mass is 35.5. The van der Waals surface area contributed by atoms with Crippen molar-refractivity contribution in [1.29, 1.82) is 0 Å². The summed E-state index contributed by atoms with van der Waals surface area (Å²) >= 11 is 5.79. The highest BCUT2D eigenvalue weighted by molar-refractivity contribution is 6.30. The Morgan fingerprint density at radius 2 is 1.73 bits per heavy atom. The van der Waals surface area contributed by atoms with Crippen LogP contribution < -0.4 is 10.5 Å². The third kappa shape index (κ3) is 4.35. The fourth-order valence-electron chi connectivity index (χ4n) is 2.23. The van der Waals surface area contributed by atoms with Crippen LogP contribution in [-0.4, -0.2) is 60.4 Å². The van der Waals surface area contributed by atoms with E-state index in [0.29, 0.717) is 37.0 Å². The molecule has 0 unspecified atom stereocenters. The van der Waals surface area contributed by atoms with Gasteiger partial charge in [0.05, 0.1) is 6.04 Å². The summed E-state index contributed by atoms with van der Waals surface area (Å²) in [4.78, 5) is 27.3. The lowest BCUT2D eigenvalue weighted by atomic mass is 10.2. The number of carbonyl (C=O) groups is 2. The molecule has 1 heterocycles. The van der Waals surface area contributed by atoms with Crippen molar-refractivity contribution in [2.75, 3.05) is 32.8 Å². The van der Waals surface area contributed by atoms with Gasteiger partial charge in [-0.25, -0.2) is 0 Å². The van der Waals surface area contributed by atoms with E-state index in [0.717, 1.165) is 0 Å². The third-order valence-electron chi connectivity index (χ3n) is 3.51. The summed E-state index contributed by atoms with van der Waals surface area (Å²) in [5.41, 5.74) is 5.58. The van der Waals surface area contributed by atoms with Gasteiger partial charge < -0.3 is 20.3 Å². The minimum Gasteiger partial charge on any atom is -0.484 e. The molecule has 120 valence electrons. The van der Waals surface area contributed by atoms with Crippen LogP contribution in [0.4, 0.5) is 0 Å². The Morgan fingerprint density at radius 1 is 1.18 bits per heavy atom. The van der Waals surface area contributed by atoms with Gasteiger partial charge in [-0.1, -0.05) is 11.6 Å². The molecule has 1 saturated heterocycles. The quantitative estimate of drug-likeness (QED) is 0.885. The van der Waals surface area contributed by atoms with Gasteiger partial charge in [0.1, 0.15) is 5.75 Å². The van der Waals surface area contributed by atoms with E-state index in [-0.39, 0.29) is 18.4 Å². The van der Waals surface area contributed by atoms with Gasteiger partial charge in [0.25, 0.3) is 5.91 Å². The molecule has 1 aliphatic heterocycles. The lowest BCUT2D eigenvalue weighted by molar-refractivity contribution is -0.141. The Balaban J connectivity index is 1.77. The molecule has 1 aliphatic rings. The average molecular weight is 326 g/mol. The number of piperazine rings is 1. The Hall–Kier alpha value is -1.79. The molecule has 0 aromatic heterocycles. The van der Waals surface area contributed by atoms with Gasteiger partial charge >= 0.3 is 0 Å². The van der Waals surface area contributed by atoms with E-state index in [4.69, 9.17) is 22.1 Å². The van der Waals surface area contributed by atoms with Crippen molar-refractivity contribution in [3.05, 3.63) is 29.3 Å². The van der Waals surface area contributed by atoms with Gasteiger partial charge in [-0.15, -0.1) is 0 Å². The van der Waals surface area contributed by atoms with Crippen LogP contribution in [0.15, 0.2) is 24.3 Å². The maximum Gasteiger partial charge on any atom is 0.260 e. The van der Waals surface area contributed by atoms with E-state index in [1.165, 1.54) is 0 Å². The molecule has 0 saturated carbocycles. The zero-order valence-corrected chi connectivity index (χ0v) is 13.3. The van der Waals surface area contributed by atoms with Gasteiger partial charge in [-0.3, -0.25) is 9.59 Å². The first-order valence-electron chi connectivity index (χ1n) is 7.18. The third-order valence-corrected chi connectivity index (χ3v) is 3.76. The van der Waals surface area contributed by atoms with E-state index in [1.807, 2.05) is 0 Å². The number of hydrogen-bond acceptors (Lipinski definition) is 4. The zero-order valence-electron chi connectivity index (χ0n) is 12.5. The Morgan fingerprint density at radius 3 is 2.27 bits per heavy atom. The molecule has 1 fully saturated rings. The predicted molar refractivity (Wildman–Crippen MR) is 83.8 cm³/mol. The van der Waals surface area contributed by atoms with Gasteiger partial charge in [0.2, 0.25) is 5.91 Å². The second-order valence-corrected chi connectivity index (χ2v) is 5.67. The molecule has 0 bridgehead atoms. The Labute approximate surface area is 134 Å². The second-order valence-electron chi connectivity index (χ2n) is 5.24. The average Bonchev–Trinajstić information content (AvgIpc) is 2.53. The van der Waals surface area contributed by atoms with E-state index < -0.39 is 6.04 Å².